The van der Waals surface area contributed by atoms with Gasteiger partial charge < -0.3 is 0 Å². The largest absolute Gasteiger partial charge is 0.392 e. The van der Waals surface area contributed by atoms with Gasteiger partial charge in [0.25, 0.3) is 6.43 Å². The molecule has 0 heterocycles. The van der Waals surface area contributed by atoms with Crippen LogP contribution in [-0.4, -0.2) is 6.18 Å². The fourth-order valence-corrected chi connectivity index (χ4v) is 3.01. The molecule has 6 heteroatoms. The van der Waals surface area contributed by atoms with Gasteiger partial charge in [0.2, 0.25) is 0 Å². The molecule has 0 spiro atoms. The van der Waals surface area contributed by atoms with E-state index in [4.69, 9.17) is 0 Å². The molecular weight excluding hydrogens is 318 g/mol. The molecular formula is C17H18F6. The maximum atomic E-state index is 13.6. The minimum absolute atomic E-state index is 0.0727. The van der Waals surface area contributed by atoms with Gasteiger partial charge in [0, 0.05) is 0 Å². The SMILES string of the molecule is Fc1cc(C2CCC(/C=C/CC(F)(F)F)CC2)ccc1C(F)F. The van der Waals surface area contributed by atoms with Crippen molar-refractivity contribution in [2.45, 2.75) is 50.6 Å². The van der Waals surface area contributed by atoms with Crippen molar-refractivity contribution in [3.05, 3.63) is 47.3 Å². The first-order valence-corrected chi connectivity index (χ1v) is 7.57. The van der Waals surface area contributed by atoms with Crippen molar-refractivity contribution in [3.63, 3.8) is 0 Å². The summed E-state index contributed by atoms with van der Waals surface area (Å²) >= 11 is 0. The Morgan fingerprint density at radius 1 is 1.09 bits per heavy atom. The maximum absolute atomic E-state index is 13.6. The molecule has 1 saturated carbocycles. The molecule has 0 unspecified atom stereocenters. The fraction of sp³-hybridized carbons (Fsp3) is 0.529. The molecule has 0 N–H and O–H groups in total. The Hall–Kier alpha value is -1.46. The quantitative estimate of drug-likeness (QED) is 0.432. The molecule has 23 heavy (non-hydrogen) atoms. The molecule has 1 aliphatic carbocycles. The van der Waals surface area contributed by atoms with Crippen LogP contribution in [0.1, 0.15) is 55.6 Å². The minimum Gasteiger partial charge on any atom is -0.206 e. The molecule has 1 fully saturated rings. The van der Waals surface area contributed by atoms with Gasteiger partial charge in [-0.3, -0.25) is 0 Å². The summed E-state index contributed by atoms with van der Waals surface area (Å²) < 4.78 is 74.9. The molecule has 1 aromatic rings. The van der Waals surface area contributed by atoms with Gasteiger partial charge >= 0.3 is 6.18 Å². The molecule has 0 nitrogen and oxygen atoms in total. The van der Waals surface area contributed by atoms with Gasteiger partial charge in [-0.25, -0.2) is 13.2 Å². The van der Waals surface area contributed by atoms with Gasteiger partial charge in [0.05, 0.1) is 12.0 Å². The van der Waals surface area contributed by atoms with E-state index in [1.54, 1.807) is 6.08 Å². The zero-order chi connectivity index (χ0) is 17.0. The lowest BCUT2D eigenvalue weighted by Crippen LogP contribution is -2.12. The maximum Gasteiger partial charge on any atom is 0.392 e. The Balaban J connectivity index is 1.90. The third-order valence-electron chi connectivity index (χ3n) is 4.26. The third-order valence-corrected chi connectivity index (χ3v) is 4.26. The van der Waals surface area contributed by atoms with Crippen LogP contribution < -0.4 is 0 Å². The van der Waals surface area contributed by atoms with Crippen molar-refractivity contribution in [2.75, 3.05) is 0 Å². The molecule has 1 aromatic carbocycles. The first kappa shape index (κ1) is 17.9. The van der Waals surface area contributed by atoms with Crippen LogP contribution in [0.15, 0.2) is 30.4 Å². The van der Waals surface area contributed by atoms with E-state index in [9.17, 15) is 26.3 Å². The zero-order valence-corrected chi connectivity index (χ0v) is 12.4. The van der Waals surface area contributed by atoms with Crippen LogP contribution in [0.4, 0.5) is 26.3 Å². The van der Waals surface area contributed by atoms with Crippen LogP contribution in [0.3, 0.4) is 0 Å². The smallest absolute Gasteiger partial charge is 0.206 e. The number of halogens is 6. The summed E-state index contributed by atoms with van der Waals surface area (Å²) in [5.41, 5.74) is 0.0853. The van der Waals surface area contributed by atoms with E-state index < -0.39 is 30.4 Å². The van der Waals surface area contributed by atoms with E-state index in [0.717, 1.165) is 31.1 Å². The second-order valence-corrected chi connectivity index (χ2v) is 5.94. The number of rotatable bonds is 4. The molecule has 128 valence electrons. The van der Waals surface area contributed by atoms with Crippen LogP contribution in [0.2, 0.25) is 0 Å². The highest BCUT2D eigenvalue weighted by molar-refractivity contribution is 5.28. The average molecular weight is 336 g/mol. The Morgan fingerprint density at radius 3 is 2.26 bits per heavy atom. The summed E-state index contributed by atoms with van der Waals surface area (Å²) in [6, 6.07) is 3.80. The van der Waals surface area contributed by atoms with Crippen molar-refractivity contribution < 1.29 is 26.3 Å². The van der Waals surface area contributed by atoms with Gasteiger partial charge in [-0.15, -0.1) is 0 Å². The van der Waals surface area contributed by atoms with Crippen molar-refractivity contribution >= 4 is 0 Å². The number of benzene rings is 1. The van der Waals surface area contributed by atoms with Crippen LogP contribution in [0, 0.1) is 11.7 Å². The molecule has 0 bridgehead atoms. The van der Waals surface area contributed by atoms with E-state index in [1.807, 2.05) is 0 Å². The summed E-state index contributed by atoms with van der Waals surface area (Å²) in [4.78, 5) is 0. The number of allylic oxidation sites excluding steroid dienone is 2. The van der Waals surface area contributed by atoms with E-state index in [1.165, 1.54) is 6.07 Å². The molecule has 0 atom stereocenters. The van der Waals surface area contributed by atoms with Crippen LogP contribution >= 0.6 is 0 Å². The number of hydrogen-bond donors (Lipinski definition) is 0. The van der Waals surface area contributed by atoms with E-state index in [0.29, 0.717) is 18.4 Å². The second-order valence-electron chi connectivity index (χ2n) is 5.94. The van der Waals surface area contributed by atoms with Crippen LogP contribution in [0.5, 0.6) is 0 Å². The third kappa shape index (κ3) is 5.29. The van der Waals surface area contributed by atoms with Gasteiger partial charge in [0.15, 0.2) is 0 Å². The number of alkyl halides is 5. The van der Waals surface area contributed by atoms with Crippen molar-refractivity contribution in [1.29, 1.82) is 0 Å². The molecule has 0 amide bonds. The lowest BCUT2D eigenvalue weighted by atomic mass is 9.78. The average Bonchev–Trinajstić information content (AvgIpc) is 2.46. The Kier molecular flexibility index (Phi) is 5.76. The van der Waals surface area contributed by atoms with Gasteiger partial charge in [0.1, 0.15) is 5.82 Å². The summed E-state index contributed by atoms with van der Waals surface area (Å²) in [6.45, 7) is 0. The van der Waals surface area contributed by atoms with Crippen molar-refractivity contribution in [3.8, 4) is 0 Å². The van der Waals surface area contributed by atoms with Crippen LogP contribution in [-0.2, 0) is 0 Å². The molecule has 2 rings (SSSR count). The highest BCUT2D eigenvalue weighted by Gasteiger charge is 2.26. The Labute approximate surface area is 131 Å². The molecule has 0 saturated heterocycles. The zero-order valence-electron chi connectivity index (χ0n) is 12.4. The van der Waals surface area contributed by atoms with Gasteiger partial charge in [-0.2, -0.15) is 13.2 Å². The fourth-order valence-electron chi connectivity index (χ4n) is 3.01. The Morgan fingerprint density at radius 2 is 1.74 bits per heavy atom. The standard InChI is InChI=1S/C17H18F6/c18-15-10-13(7-8-14(15)16(19)20)12-5-3-11(4-6-12)2-1-9-17(21,22)23/h1-2,7-8,10-12,16H,3-6,9H2/b2-1+. The normalized spacial score (nSPS) is 22.9. The van der Waals surface area contributed by atoms with Crippen molar-refractivity contribution in [2.24, 2.45) is 5.92 Å². The molecule has 0 aliphatic heterocycles. The Bertz CT molecular complexity index is 539. The lowest BCUT2D eigenvalue weighted by molar-refractivity contribution is -0.125. The van der Waals surface area contributed by atoms with E-state index in [-0.39, 0.29) is 11.8 Å². The molecule has 1 aliphatic rings. The topological polar surface area (TPSA) is 0 Å². The van der Waals surface area contributed by atoms with Crippen LogP contribution in [0.25, 0.3) is 0 Å². The molecule has 0 aromatic heterocycles. The van der Waals surface area contributed by atoms with E-state index in [2.05, 4.69) is 0 Å². The summed E-state index contributed by atoms with van der Waals surface area (Å²) in [6.07, 6.45) is -2.31. The summed E-state index contributed by atoms with van der Waals surface area (Å²) in [5.74, 6) is -0.730. The first-order chi connectivity index (χ1) is 10.8. The van der Waals surface area contributed by atoms with E-state index >= 15 is 0 Å². The summed E-state index contributed by atoms with van der Waals surface area (Å²) in [7, 11) is 0. The number of hydrogen-bond acceptors (Lipinski definition) is 0. The minimum atomic E-state index is -4.18. The first-order valence-electron chi connectivity index (χ1n) is 7.57. The van der Waals surface area contributed by atoms with Crippen molar-refractivity contribution in [1.82, 2.24) is 0 Å². The highest BCUT2D eigenvalue weighted by atomic mass is 19.4. The second kappa shape index (κ2) is 7.41. The van der Waals surface area contributed by atoms with Gasteiger partial charge in [-0.1, -0.05) is 24.3 Å². The summed E-state index contributed by atoms with van der Waals surface area (Å²) in [5, 5.41) is 0. The highest BCUT2D eigenvalue weighted by Crippen LogP contribution is 2.37. The monoisotopic (exact) mass is 336 g/mol. The van der Waals surface area contributed by atoms with Gasteiger partial charge in [-0.05, 0) is 49.1 Å². The predicted octanol–water partition coefficient (Wildman–Crippen LogP) is 6.55. The predicted molar refractivity (Wildman–Crippen MR) is 75.9 cm³/mol. The molecule has 0 radical (unpaired) electrons. The lowest BCUT2D eigenvalue weighted by Gasteiger charge is -2.27.